The van der Waals surface area contributed by atoms with E-state index in [2.05, 4.69) is 17.9 Å². The number of nitrogens with zero attached hydrogens (tertiary/aromatic N) is 1. The lowest BCUT2D eigenvalue weighted by Gasteiger charge is -2.40. The second-order valence-electron chi connectivity index (χ2n) is 6.56. The van der Waals surface area contributed by atoms with Gasteiger partial charge in [-0.1, -0.05) is 18.5 Å². The van der Waals surface area contributed by atoms with E-state index in [0.29, 0.717) is 6.61 Å². The highest BCUT2D eigenvalue weighted by atomic mass is 35.5. The van der Waals surface area contributed by atoms with Crippen molar-refractivity contribution in [1.82, 2.24) is 4.90 Å². The Morgan fingerprint density at radius 3 is 3.10 bits per heavy atom. The number of aliphatic hydroxyl groups excluding tert-OH is 1. The summed E-state index contributed by atoms with van der Waals surface area (Å²) in [5.41, 5.74) is 2.37. The number of aliphatic hydroxyl groups is 1. The average molecular weight is 308 g/mol. The summed E-state index contributed by atoms with van der Waals surface area (Å²) in [5, 5.41) is 10.3. The van der Waals surface area contributed by atoms with Crippen LogP contribution >= 0.6 is 11.6 Å². The molecule has 0 amide bonds. The molecular formula is C17H22ClNO2. The molecule has 0 aromatic heterocycles. The van der Waals surface area contributed by atoms with E-state index in [0.717, 1.165) is 48.8 Å². The van der Waals surface area contributed by atoms with Crippen LogP contribution in [0.1, 0.15) is 25.3 Å². The standard InChI is InChI=1S/C17H22ClNO2/c1-17(12-20)5-2-6-19(11-17)9-13-7-14-8-15(18)3-4-16(14)21-10-13/h3-4,7-8,20H,2,5-6,9-12H2,1H3. The average Bonchev–Trinajstić information content (AvgIpc) is 2.47. The minimum Gasteiger partial charge on any atom is -0.489 e. The first kappa shape index (κ1) is 14.9. The molecule has 0 aliphatic carbocycles. The Hall–Kier alpha value is -1.03. The molecule has 1 unspecified atom stereocenters. The first-order valence-corrected chi connectivity index (χ1v) is 7.91. The topological polar surface area (TPSA) is 32.7 Å². The molecule has 21 heavy (non-hydrogen) atoms. The van der Waals surface area contributed by atoms with Crippen LogP contribution in [0, 0.1) is 5.41 Å². The Kier molecular flexibility index (Phi) is 4.25. The fourth-order valence-corrected chi connectivity index (χ4v) is 3.45. The van der Waals surface area contributed by atoms with Gasteiger partial charge in [0.15, 0.2) is 0 Å². The zero-order valence-electron chi connectivity index (χ0n) is 12.4. The number of hydrogen-bond donors (Lipinski definition) is 1. The summed E-state index contributed by atoms with van der Waals surface area (Å²) in [6.45, 7) is 6.01. The van der Waals surface area contributed by atoms with Crippen LogP contribution in [0.15, 0.2) is 23.8 Å². The van der Waals surface area contributed by atoms with E-state index in [-0.39, 0.29) is 12.0 Å². The summed E-state index contributed by atoms with van der Waals surface area (Å²) < 4.78 is 5.81. The van der Waals surface area contributed by atoms with Crippen molar-refractivity contribution in [3.63, 3.8) is 0 Å². The Morgan fingerprint density at radius 2 is 2.29 bits per heavy atom. The summed E-state index contributed by atoms with van der Waals surface area (Å²) in [6.07, 6.45) is 4.44. The molecule has 3 rings (SSSR count). The molecule has 3 nitrogen and oxygen atoms in total. The summed E-state index contributed by atoms with van der Waals surface area (Å²) in [7, 11) is 0. The third-order valence-corrected chi connectivity index (χ3v) is 4.65. The minimum atomic E-state index is 0.0373. The molecule has 0 spiro atoms. The van der Waals surface area contributed by atoms with Crippen LogP contribution in [0.5, 0.6) is 5.75 Å². The fraction of sp³-hybridized carbons (Fsp3) is 0.529. The van der Waals surface area contributed by atoms with Crippen LogP contribution in [0.3, 0.4) is 0 Å². The minimum absolute atomic E-state index is 0.0373. The van der Waals surface area contributed by atoms with E-state index in [1.165, 1.54) is 5.57 Å². The maximum Gasteiger partial charge on any atom is 0.127 e. The van der Waals surface area contributed by atoms with Crippen LogP contribution in [0.2, 0.25) is 5.02 Å². The molecule has 0 radical (unpaired) electrons. The highest BCUT2D eigenvalue weighted by molar-refractivity contribution is 6.30. The van der Waals surface area contributed by atoms with Gasteiger partial charge in [-0.3, -0.25) is 4.90 Å². The van der Waals surface area contributed by atoms with Crippen molar-refractivity contribution in [3.8, 4) is 5.75 Å². The van der Waals surface area contributed by atoms with Gasteiger partial charge in [0, 0.05) is 35.7 Å². The number of ether oxygens (including phenoxy) is 1. The summed E-state index contributed by atoms with van der Waals surface area (Å²) >= 11 is 6.05. The van der Waals surface area contributed by atoms with Crippen molar-refractivity contribution in [1.29, 1.82) is 0 Å². The molecule has 2 aliphatic rings. The molecule has 114 valence electrons. The molecule has 1 aromatic rings. The normalized spacial score (nSPS) is 26.0. The fourth-order valence-electron chi connectivity index (χ4n) is 3.27. The van der Waals surface area contributed by atoms with Crippen molar-refractivity contribution in [2.24, 2.45) is 5.41 Å². The second-order valence-corrected chi connectivity index (χ2v) is 6.99. The van der Waals surface area contributed by atoms with Crippen LogP contribution in [0.4, 0.5) is 0 Å². The number of piperidine rings is 1. The zero-order valence-corrected chi connectivity index (χ0v) is 13.2. The zero-order chi connectivity index (χ0) is 14.9. The summed E-state index contributed by atoms with van der Waals surface area (Å²) in [6, 6.07) is 5.73. The highest BCUT2D eigenvalue weighted by Gasteiger charge is 2.30. The van der Waals surface area contributed by atoms with Crippen molar-refractivity contribution >= 4 is 17.7 Å². The van der Waals surface area contributed by atoms with Crippen LogP contribution in [0.25, 0.3) is 6.08 Å². The van der Waals surface area contributed by atoms with E-state index in [1.54, 1.807) is 0 Å². The quantitative estimate of drug-likeness (QED) is 0.931. The van der Waals surface area contributed by atoms with Gasteiger partial charge in [-0.05, 0) is 49.2 Å². The third-order valence-electron chi connectivity index (χ3n) is 4.41. The summed E-state index contributed by atoms with van der Waals surface area (Å²) in [5.74, 6) is 0.905. The molecule has 2 aliphatic heterocycles. The first-order chi connectivity index (χ1) is 10.1. The van der Waals surface area contributed by atoms with Crippen molar-refractivity contribution in [2.45, 2.75) is 19.8 Å². The van der Waals surface area contributed by atoms with E-state index < -0.39 is 0 Å². The Balaban J connectivity index is 1.71. The largest absolute Gasteiger partial charge is 0.489 e. The predicted molar refractivity (Wildman–Crippen MR) is 85.8 cm³/mol. The second kappa shape index (κ2) is 5.99. The molecule has 1 fully saturated rings. The van der Waals surface area contributed by atoms with Crippen LogP contribution < -0.4 is 4.74 Å². The molecule has 1 aromatic carbocycles. The monoisotopic (exact) mass is 307 g/mol. The number of fused-ring (bicyclic) bond motifs is 1. The van der Waals surface area contributed by atoms with Gasteiger partial charge in [-0.25, -0.2) is 0 Å². The molecule has 0 bridgehead atoms. The summed E-state index contributed by atoms with van der Waals surface area (Å²) in [4.78, 5) is 2.42. The van der Waals surface area contributed by atoms with Crippen molar-refractivity contribution in [3.05, 3.63) is 34.4 Å². The lowest BCUT2D eigenvalue weighted by Crippen LogP contribution is -2.44. The van der Waals surface area contributed by atoms with E-state index in [9.17, 15) is 5.11 Å². The van der Waals surface area contributed by atoms with Crippen LogP contribution in [-0.2, 0) is 0 Å². The number of hydrogen-bond acceptors (Lipinski definition) is 3. The third kappa shape index (κ3) is 3.42. The van der Waals surface area contributed by atoms with E-state index in [1.807, 2.05) is 18.2 Å². The first-order valence-electron chi connectivity index (χ1n) is 7.53. The lowest BCUT2D eigenvalue weighted by molar-refractivity contribution is 0.0502. The van der Waals surface area contributed by atoms with Gasteiger partial charge in [0.1, 0.15) is 12.4 Å². The predicted octanol–water partition coefficient (Wildman–Crippen LogP) is 3.21. The van der Waals surface area contributed by atoms with Gasteiger partial charge in [-0.15, -0.1) is 0 Å². The number of halogens is 1. The molecule has 4 heteroatoms. The Morgan fingerprint density at radius 1 is 1.43 bits per heavy atom. The van der Waals surface area contributed by atoms with Crippen LogP contribution in [-0.4, -0.2) is 42.9 Å². The number of rotatable bonds is 3. The Labute approximate surface area is 131 Å². The maximum absolute atomic E-state index is 9.55. The molecule has 1 saturated heterocycles. The molecule has 1 N–H and O–H groups in total. The maximum atomic E-state index is 9.55. The van der Waals surface area contributed by atoms with Gasteiger partial charge in [0.25, 0.3) is 0 Å². The van der Waals surface area contributed by atoms with Crippen molar-refractivity contribution < 1.29 is 9.84 Å². The molecule has 2 heterocycles. The number of likely N-dealkylation sites (tertiary alicyclic amines) is 1. The van der Waals surface area contributed by atoms with Gasteiger partial charge in [0.05, 0.1) is 0 Å². The SMILES string of the molecule is CC1(CO)CCCN(CC2=Cc3cc(Cl)ccc3OC2)C1. The molecule has 1 atom stereocenters. The lowest BCUT2D eigenvalue weighted by atomic mass is 9.82. The van der Waals surface area contributed by atoms with Gasteiger partial charge in [0.2, 0.25) is 0 Å². The van der Waals surface area contributed by atoms with Gasteiger partial charge >= 0.3 is 0 Å². The van der Waals surface area contributed by atoms with Crippen molar-refractivity contribution in [2.75, 3.05) is 32.8 Å². The smallest absolute Gasteiger partial charge is 0.127 e. The Bertz CT molecular complexity index is 558. The molecule has 0 saturated carbocycles. The van der Waals surface area contributed by atoms with Gasteiger partial charge < -0.3 is 9.84 Å². The highest BCUT2D eigenvalue weighted by Crippen LogP contribution is 2.32. The van der Waals surface area contributed by atoms with E-state index >= 15 is 0 Å². The van der Waals surface area contributed by atoms with E-state index in [4.69, 9.17) is 16.3 Å². The number of benzene rings is 1. The molecular weight excluding hydrogens is 286 g/mol. The van der Waals surface area contributed by atoms with Gasteiger partial charge in [-0.2, -0.15) is 0 Å².